The second kappa shape index (κ2) is 8.17. The van der Waals surface area contributed by atoms with Crippen molar-refractivity contribution in [3.05, 3.63) is 24.3 Å². The minimum Gasteiger partial charge on any atom is -0.480 e. The molecule has 6 atom stereocenters. The number of allylic oxidation sites excluding steroid dienone is 1. The number of carboxylic acid groups (broad SMARTS) is 1. The van der Waals surface area contributed by atoms with Gasteiger partial charge in [-0.05, 0) is 50.0 Å². The van der Waals surface area contributed by atoms with Gasteiger partial charge >= 0.3 is 11.9 Å². The lowest BCUT2D eigenvalue weighted by molar-refractivity contribution is -0.146. The lowest BCUT2D eigenvalue weighted by Gasteiger charge is -2.27. The zero-order chi connectivity index (χ0) is 18.8. The highest BCUT2D eigenvalue weighted by atomic mass is 32.2. The molecule has 0 bridgehead atoms. The van der Waals surface area contributed by atoms with Gasteiger partial charge in [-0.2, -0.15) is 11.8 Å². The summed E-state index contributed by atoms with van der Waals surface area (Å²) in [5.74, 6) is 0.130. The maximum Gasteiger partial charge on any atom is 0.320 e. The van der Waals surface area contributed by atoms with E-state index in [1.807, 2.05) is 6.26 Å². The second-order valence-electron chi connectivity index (χ2n) is 7.78. The van der Waals surface area contributed by atoms with Crippen LogP contribution >= 0.6 is 11.8 Å². The molecule has 3 aliphatic rings. The molecule has 144 valence electrons. The molecule has 0 aromatic carbocycles. The van der Waals surface area contributed by atoms with Gasteiger partial charge in [0.15, 0.2) is 0 Å². The van der Waals surface area contributed by atoms with Gasteiger partial charge in [-0.3, -0.25) is 9.59 Å². The average Bonchev–Trinajstić information content (AvgIpc) is 3.08. The van der Waals surface area contributed by atoms with Gasteiger partial charge in [0.25, 0.3) is 0 Å². The van der Waals surface area contributed by atoms with Crippen LogP contribution in [0.5, 0.6) is 0 Å². The van der Waals surface area contributed by atoms with Crippen LogP contribution < -0.4 is 5.32 Å². The molecule has 0 spiro atoms. The molecule has 6 heteroatoms. The SMILES string of the molecule is C=C1CC[C@H]2C(=C)CC[C@@H]3[C@H](OC(=O)[C@H]3CN[C@@H](CCSC)C(=O)O)[C@@H]12. The third-order valence-corrected chi connectivity index (χ3v) is 6.99. The first-order chi connectivity index (χ1) is 12.4. The molecule has 26 heavy (non-hydrogen) atoms. The van der Waals surface area contributed by atoms with Crippen molar-refractivity contribution >= 4 is 23.7 Å². The smallest absolute Gasteiger partial charge is 0.320 e. The van der Waals surface area contributed by atoms with Gasteiger partial charge in [0, 0.05) is 18.4 Å². The van der Waals surface area contributed by atoms with Crippen LogP contribution in [0.1, 0.15) is 32.1 Å². The van der Waals surface area contributed by atoms with Crippen LogP contribution in [-0.2, 0) is 14.3 Å². The molecule has 3 rings (SSSR count). The van der Waals surface area contributed by atoms with E-state index >= 15 is 0 Å². The Morgan fingerprint density at radius 2 is 2.08 bits per heavy atom. The fourth-order valence-corrected chi connectivity index (χ4v) is 5.37. The second-order valence-corrected chi connectivity index (χ2v) is 8.76. The van der Waals surface area contributed by atoms with Crippen molar-refractivity contribution < 1.29 is 19.4 Å². The van der Waals surface area contributed by atoms with Gasteiger partial charge < -0.3 is 15.2 Å². The van der Waals surface area contributed by atoms with Gasteiger partial charge in [-0.25, -0.2) is 0 Å². The third-order valence-electron chi connectivity index (χ3n) is 6.35. The van der Waals surface area contributed by atoms with E-state index in [2.05, 4.69) is 18.5 Å². The Kier molecular flexibility index (Phi) is 6.13. The van der Waals surface area contributed by atoms with Crippen molar-refractivity contribution in [1.29, 1.82) is 0 Å². The molecule has 0 aromatic rings. The Morgan fingerprint density at radius 1 is 1.35 bits per heavy atom. The van der Waals surface area contributed by atoms with E-state index in [1.54, 1.807) is 11.8 Å². The molecule has 2 saturated carbocycles. The maximum absolute atomic E-state index is 12.6. The van der Waals surface area contributed by atoms with Crippen LogP contribution in [0.25, 0.3) is 0 Å². The Balaban J connectivity index is 1.71. The highest BCUT2D eigenvalue weighted by Crippen LogP contribution is 2.52. The summed E-state index contributed by atoms with van der Waals surface area (Å²) in [7, 11) is 0. The highest BCUT2D eigenvalue weighted by Gasteiger charge is 2.53. The van der Waals surface area contributed by atoms with Gasteiger partial charge in [-0.1, -0.05) is 24.3 Å². The van der Waals surface area contributed by atoms with Crippen LogP contribution in [0.3, 0.4) is 0 Å². The van der Waals surface area contributed by atoms with E-state index in [9.17, 15) is 14.7 Å². The molecule has 2 N–H and O–H groups in total. The van der Waals surface area contributed by atoms with Gasteiger partial charge in [0.05, 0.1) is 5.92 Å². The molecule has 5 nitrogen and oxygen atoms in total. The zero-order valence-electron chi connectivity index (χ0n) is 15.4. The Labute approximate surface area is 159 Å². The number of esters is 1. The number of aliphatic carboxylic acids is 1. The maximum atomic E-state index is 12.6. The van der Waals surface area contributed by atoms with Crippen LogP contribution in [-0.4, -0.2) is 47.7 Å². The summed E-state index contributed by atoms with van der Waals surface area (Å²) in [6, 6.07) is -0.621. The summed E-state index contributed by atoms with van der Waals surface area (Å²) in [5, 5.41) is 12.5. The Morgan fingerprint density at radius 3 is 2.77 bits per heavy atom. The number of carbonyl (C=O) groups excluding carboxylic acids is 1. The number of thioether (sulfide) groups is 1. The summed E-state index contributed by atoms with van der Waals surface area (Å²) in [5.41, 5.74) is 2.44. The lowest BCUT2D eigenvalue weighted by Crippen LogP contribution is -2.42. The minimum atomic E-state index is -0.861. The number of fused-ring (bicyclic) bond motifs is 3. The predicted octanol–water partition coefficient (Wildman–Crippen LogP) is 2.87. The van der Waals surface area contributed by atoms with Crippen molar-refractivity contribution in [3.63, 3.8) is 0 Å². The van der Waals surface area contributed by atoms with Crippen LogP contribution in [0.4, 0.5) is 0 Å². The van der Waals surface area contributed by atoms with Crippen molar-refractivity contribution in [2.24, 2.45) is 23.7 Å². The van der Waals surface area contributed by atoms with Crippen molar-refractivity contribution in [1.82, 2.24) is 5.32 Å². The molecule has 2 aliphatic carbocycles. The molecule has 1 saturated heterocycles. The molecular weight excluding hydrogens is 350 g/mol. The van der Waals surface area contributed by atoms with Gasteiger partial charge in [-0.15, -0.1) is 0 Å². The molecule has 0 amide bonds. The topological polar surface area (TPSA) is 75.6 Å². The van der Waals surface area contributed by atoms with E-state index in [-0.39, 0.29) is 29.8 Å². The van der Waals surface area contributed by atoms with E-state index in [0.29, 0.717) is 18.9 Å². The van der Waals surface area contributed by atoms with Crippen LogP contribution in [0.15, 0.2) is 24.3 Å². The van der Waals surface area contributed by atoms with Crippen molar-refractivity contribution in [3.8, 4) is 0 Å². The Bertz CT molecular complexity index is 605. The van der Waals surface area contributed by atoms with E-state index in [0.717, 1.165) is 31.4 Å². The molecular formula is C20H29NO4S. The van der Waals surface area contributed by atoms with Gasteiger partial charge in [0.1, 0.15) is 12.1 Å². The number of carboxylic acids is 1. The fourth-order valence-electron chi connectivity index (χ4n) is 4.90. The summed E-state index contributed by atoms with van der Waals surface area (Å²) in [4.78, 5) is 24.0. The van der Waals surface area contributed by atoms with Crippen molar-refractivity contribution in [2.75, 3.05) is 18.6 Å². The summed E-state index contributed by atoms with van der Waals surface area (Å²) < 4.78 is 5.83. The van der Waals surface area contributed by atoms with Gasteiger partial charge in [0.2, 0.25) is 0 Å². The number of rotatable bonds is 7. The lowest BCUT2D eigenvalue weighted by atomic mass is 9.79. The van der Waals surface area contributed by atoms with E-state index in [1.165, 1.54) is 11.1 Å². The molecule has 1 aliphatic heterocycles. The Hall–Kier alpha value is -1.27. The molecule has 0 aromatic heterocycles. The number of carbonyl (C=O) groups is 2. The first-order valence-corrected chi connectivity index (χ1v) is 10.8. The number of hydrogen-bond acceptors (Lipinski definition) is 5. The number of nitrogens with one attached hydrogen (secondary N) is 1. The largest absolute Gasteiger partial charge is 0.480 e. The molecule has 3 fully saturated rings. The molecule has 0 unspecified atom stereocenters. The average molecular weight is 380 g/mol. The summed E-state index contributed by atoms with van der Waals surface area (Å²) in [6.07, 6.45) is 6.21. The summed E-state index contributed by atoms with van der Waals surface area (Å²) >= 11 is 1.62. The third kappa shape index (κ3) is 3.72. The normalized spacial score (nSPS) is 34.8. The quantitative estimate of drug-likeness (QED) is 0.523. The van der Waals surface area contributed by atoms with Crippen LogP contribution in [0.2, 0.25) is 0 Å². The van der Waals surface area contributed by atoms with Crippen LogP contribution in [0, 0.1) is 23.7 Å². The predicted molar refractivity (Wildman–Crippen MR) is 103 cm³/mol. The van der Waals surface area contributed by atoms with Crippen molar-refractivity contribution in [2.45, 2.75) is 44.2 Å². The molecule has 1 heterocycles. The van der Waals surface area contributed by atoms with E-state index < -0.39 is 12.0 Å². The first-order valence-electron chi connectivity index (χ1n) is 9.45. The zero-order valence-corrected chi connectivity index (χ0v) is 16.2. The molecule has 0 radical (unpaired) electrons. The summed E-state index contributed by atoms with van der Waals surface area (Å²) in [6.45, 7) is 8.87. The standard InChI is InChI=1S/C20H29NO4S/c1-11-4-7-14-15(10-21-16(19(22)23)8-9-26-3)20(24)25-18(14)17-12(2)5-6-13(11)17/h13-18,21H,1-2,4-10H2,3H3,(H,22,23)/t13-,14-,15-,16-,17-,18-/m0/s1. The number of ether oxygens (including phenoxy) is 1. The number of hydrogen-bond donors (Lipinski definition) is 2. The first kappa shape index (κ1) is 19.5. The highest BCUT2D eigenvalue weighted by molar-refractivity contribution is 7.98. The monoisotopic (exact) mass is 379 g/mol. The van der Waals surface area contributed by atoms with E-state index in [4.69, 9.17) is 4.74 Å². The fraction of sp³-hybridized carbons (Fsp3) is 0.700. The minimum absolute atomic E-state index is 0.117.